The first kappa shape index (κ1) is 19.7. The number of esters is 1. The minimum absolute atomic E-state index is 0.253. The Morgan fingerprint density at radius 1 is 1.25 bits per heavy atom. The first-order valence-electron chi connectivity index (χ1n) is 9.13. The van der Waals surface area contributed by atoms with E-state index in [9.17, 15) is 19.2 Å². The van der Waals surface area contributed by atoms with Crippen LogP contribution in [0.1, 0.15) is 31.2 Å². The molecule has 2 N–H and O–H groups in total. The van der Waals surface area contributed by atoms with Gasteiger partial charge < -0.3 is 20.1 Å². The van der Waals surface area contributed by atoms with Crippen LogP contribution in [0.15, 0.2) is 24.3 Å². The molecule has 0 bridgehead atoms. The molecule has 0 unspecified atom stereocenters. The van der Waals surface area contributed by atoms with Crippen molar-refractivity contribution in [3.63, 3.8) is 0 Å². The molecule has 1 aliphatic heterocycles. The summed E-state index contributed by atoms with van der Waals surface area (Å²) in [4.78, 5) is 49.2. The minimum Gasteiger partial charge on any atom is -0.497 e. The van der Waals surface area contributed by atoms with Gasteiger partial charge in [0.25, 0.3) is 11.8 Å². The number of carbonyl (C=O) groups excluding carboxylic acids is 4. The fourth-order valence-corrected chi connectivity index (χ4v) is 3.49. The van der Waals surface area contributed by atoms with E-state index in [0.29, 0.717) is 18.6 Å². The van der Waals surface area contributed by atoms with E-state index in [1.807, 2.05) is 6.07 Å². The molecule has 0 radical (unpaired) electrons. The maximum Gasteiger partial charge on any atom is 0.326 e. The molecule has 1 spiro atoms. The quantitative estimate of drug-likeness (QED) is 0.525. The number of nitrogens with one attached hydrogen (secondary N) is 2. The molecule has 1 heterocycles. The summed E-state index contributed by atoms with van der Waals surface area (Å²) < 4.78 is 10.0. The van der Waals surface area contributed by atoms with E-state index >= 15 is 0 Å². The van der Waals surface area contributed by atoms with Crippen LogP contribution in [0.25, 0.3) is 0 Å². The monoisotopic (exact) mass is 389 g/mol. The Morgan fingerprint density at radius 3 is 2.71 bits per heavy atom. The van der Waals surface area contributed by atoms with Crippen molar-refractivity contribution in [2.24, 2.45) is 0 Å². The van der Waals surface area contributed by atoms with Crippen LogP contribution in [0.2, 0.25) is 0 Å². The van der Waals surface area contributed by atoms with E-state index in [1.165, 1.54) is 0 Å². The highest BCUT2D eigenvalue weighted by molar-refractivity contribution is 6.08. The molecule has 2 aliphatic rings. The third-order valence-electron chi connectivity index (χ3n) is 4.98. The predicted molar refractivity (Wildman–Crippen MR) is 97.2 cm³/mol. The van der Waals surface area contributed by atoms with Gasteiger partial charge in [-0.3, -0.25) is 19.3 Å². The van der Waals surface area contributed by atoms with Crippen LogP contribution in [-0.2, 0) is 25.7 Å². The Bertz CT molecular complexity index is 788. The maximum atomic E-state index is 12.5. The Kier molecular flexibility index (Phi) is 5.81. The van der Waals surface area contributed by atoms with Gasteiger partial charge >= 0.3 is 12.0 Å². The normalized spacial score (nSPS) is 17.5. The zero-order valence-electron chi connectivity index (χ0n) is 15.7. The van der Waals surface area contributed by atoms with Crippen molar-refractivity contribution in [1.82, 2.24) is 15.5 Å². The number of hydrogen-bond donors (Lipinski definition) is 2. The standard InChI is InChI=1S/C19H23N3O6/c1-27-14-6-4-5-13(9-14)10-20-15(23)12-28-16(24)11-22-17(25)19(21-18(22)26)7-2-3-8-19/h4-6,9H,2-3,7-8,10-12H2,1H3,(H,20,23)(H,21,26). The van der Waals surface area contributed by atoms with Crippen molar-refractivity contribution < 1.29 is 28.7 Å². The summed E-state index contributed by atoms with van der Waals surface area (Å²) in [5.41, 5.74) is -0.0360. The Labute approximate surface area is 162 Å². The second-order valence-electron chi connectivity index (χ2n) is 6.90. The van der Waals surface area contributed by atoms with Gasteiger partial charge in [-0.15, -0.1) is 0 Å². The highest BCUT2D eigenvalue weighted by Crippen LogP contribution is 2.34. The van der Waals surface area contributed by atoms with Crippen molar-refractivity contribution in [2.45, 2.75) is 37.8 Å². The smallest absolute Gasteiger partial charge is 0.326 e. The number of nitrogens with zero attached hydrogens (tertiary/aromatic N) is 1. The van der Waals surface area contributed by atoms with Crippen molar-refractivity contribution in [3.8, 4) is 5.75 Å². The lowest BCUT2D eigenvalue weighted by Gasteiger charge is -2.19. The third-order valence-corrected chi connectivity index (χ3v) is 4.98. The molecule has 1 aromatic rings. The zero-order valence-corrected chi connectivity index (χ0v) is 15.7. The number of benzene rings is 1. The van der Waals surface area contributed by atoms with Crippen LogP contribution < -0.4 is 15.4 Å². The van der Waals surface area contributed by atoms with Gasteiger partial charge in [-0.25, -0.2) is 4.79 Å². The highest BCUT2D eigenvalue weighted by atomic mass is 16.5. The molecule has 1 saturated carbocycles. The first-order valence-corrected chi connectivity index (χ1v) is 9.13. The van der Waals surface area contributed by atoms with Crippen LogP contribution in [0.3, 0.4) is 0 Å². The summed E-state index contributed by atoms with van der Waals surface area (Å²) in [5, 5.41) is 5.31. The third kappa shape index (κ3) is 4.24. The van der Waals surface area contributed by atoms with E-state index in [2.05, 4.69) is 10.6 Å². The molecule has 4 amide bonds. The molecule has 28 heavy (non-hydrogen) atoms. The molecule has 9 heteroatoms. The van der Waals surface area contributed by atoms with Gasteiger partial charge in [0.15, 0.2) is 6.61 Å². The summed E-state index contributed by atoms with van der Waals surface area (Å²) in [5.74, 6) is -1.02. The molecule has 0 atom stereocenters. The molecule has 3 rings (SSSR count). The average Bonchev–Trinajstić information content (AvgIpc) is 3.25. The molecular weight excluding hydrogens is 366 g/mol. The van der Waals surface area contributed by atoms with Gasteiger partial charge in [0.2, 0.25) is 0 Å². The van der Waals surface area contributed by atoms with E-state index < -0.39 is 42.5 Å². The SMILES string of the molecule is COc1cccc(CNC(=O)COC(=O)CN2C(=O)NC3(CCCC3)C2=O)c1. The molecule has 9 nitrogen and oxygen atoms in total. The second kappa shape index (κ2) is 8.28. The lowest BCUT2D eigenvalue weighted by Crippen LogP contribution is -2.44. The van der Waals surface area contributed by atoms with Crippen molar-refractivity contribution in [1.29, 1.82) is 0 Å². The fourth-order valence-electron chi connectivity index (χ4n) is 3.49. The van der Waals surface area contributed by atoms with Crippen LogP contribution in [0.5, 0.6) is 5.75 Å². The molecule has 0 aromatic heterocycles. The van der Waals surface area contributed by atoms with E-state index in [1.54, 1.807) is 25.3 Å². The maximum absolute atomic E-state index is 12.5. The van der Waals surface area contributed by atoms with Gasteiger partial charge in [-0.2, -0.15) is 0 Å². The van der Waals surface area contributed by atoms with Crippen molar-refractivity contribution in [2.75, 3.05) is 20.3 Å². The Balaban J connectivity index is 1.43. The summed E-state index contributed by atoms with van der Waals surface area (Å²) >= 11 is 0. The molecule has 2 fully saturated rings. The Hall–Kier alpha value is -3.10. The number of amides is 4. The molecular formula is C19H23N3O6. The Morgan fingerprint density at radius 2 is 2.00 bits per heavy atom. The van der Waals surface area contributed by atoms with Crippen LogP contribution in [0.4, 0.5) is 4.79 Å². The fraction of sp³-hybridized carbons (Fsp3) is 0.474. The van der Waals surface area contributed by atoms with Crippen LogP contribution >= 0.6 is 0 Å². The summed E-state index contributed by atoms with van der Waals surface area (Å²) in [6.45, 7) is -0.740. The van der Waals surface area contributed by atoms with Gasteiger partial charge in [-0.05, 0) is 30.5 Å². The molecule has 150 valence electrons. The number of hydrogen-bond acceptors (Lipinski definition) is 6. The second-order valence-corrected chi connectivity index (χ2v) is 6.90. The van der Waals surface area contributed by atoms with E-state index in [4.69, 9.17) is 9.47 Å². The van der Waals surface area contributed by atoms with Crippen LogP contribution in [0, 0.1) is 0 Å². The van der Waals surface area contributed by atoms with Crippen LogP contribution in [-0.4, -0.2) is 54.5 Å². The van der Waals surface area contributed by atoms with Gasteiger partial charge in [0, 0.05) is 6.54 Å². The average molecular weight is 389 g/mol. The number of rotatable bonds is 7. The van der Waals surface area contributed by atoms with Crippen molar-refractivity contribution >= 4 is 23.8 Å². The zero-order chi connectivity index (χ0) is 20.1. The number of urea groups is 1. The van der Waals surface area contributed by atoms with E-state index in [-0.39, 0.29) is 6.54 Å². The van der Waals surface area contributed by atoms with Gasteiger partial charge in [0.05, 0.1) is 7.11 Å². The summed E-state index contributed by atoms with van der Waals surface area (Å²) in [6, 6.07) is 6.61. The number of carbonyl (C=O) groups is 4. The lowest BCUT2D eigenvalue weighted by atomic mass is 9.98. The van der Waals surface area contributed by atoms with E-state index in [0.717, 1.165) is 23.3 Å². The molecule has 1 aliphatic carbocycles. The molecule has 1 aromatic carbocycles. The number of methoxy groups -OCH3 is 1. The predicted octanol–water partition coefficient (Wildman–Crippen LogP) is 0.719. The topological polar surface area (TPSA) is 114 Å². The van der Waals surface area contributed by atoms with Gasteiger partial charge in [0.1, 0.15) is 17.8 Å². The largest absolute Gasteiger partial charge is 0.497 e. The number of imide groups is 1. The number of ether oxygens (including phenoxy) is 2. The summed E-state index contributed by atoms with van der Waals surface area (Å²) in [6.07, 6.45) is 2.88. The highest BCUT2D eigenvalue weighted by Gasteiger charge is 2.52. The lowest BCUT2D eigenvalue weighted by molar-refractivity contribution is -0.151. The first-order chi connectivity index (χ1) is 13.4. The minimum atomic E-state index is -0.870. The van der Waals surface area contributed by atoms with Crippen molar-refractivity contribution in [3.05, 3.63) is 29.8 Å². The van der Waals surface area contributed by atoms with Gasteiger partial charge in [-0.1, -0.05) is 25.0 Å². The molecule has 1 saturated heterocycles. The summed E-state index contributed by atoms with van der Waals surface area (Å²) in [7, 11) is 1.55.